The van der Waals surface area contributed by atoms with Crippen LogP contribution < -0.4 is 16.3 Å². The van der Waals surface area contributed by atoms with E-state index in [1.165, 1.54) is 0 Å². The van der Waals surface area contributed by atoms with Crippen molar-refractivity contribution in [2.45, 2.75) is 13.8 Å². The Morgan fingerprint density at radius 3 is 2.60 bits per heavy atom. The number of nitrogen functional groups attached to an aromatic ring is 1. The molecular weight excluding hydrogens is 130 g/mol. The summed E-state index contributed by atoms with van der Waals surface area (Å²) < 4.78 is 0. The van der Waals surface area contributed by atoms with Gasteiger partial charge in [0, 0.05) is 0 Å². The van der Waals surface area contributed by atoms with Gasteiger partial charge in [0.05, 0.1) is 11.3 Å². The Hall–Kier alpha value is -1.32. The minimum atomic E-state index is -0.131. The number of anilines is 1. The summed E-state index contributed by atoms with van der Waals surface area (Å²) in [6.45, 7) is 3.55. The standard InChI is InChI=1S/C6H9N3O/c1-3-4(2)8-6(7)9-5(3)10/h1-2H3,(H3,7,8,9,10)/p+1. The zero-order valence-electron chi connectivity index (χ0n) is 5.99. The van der Waals surface area contributed by atoms with Crippen LogP contribution in [-0.2, 0) is 0 Å². The summed E-state index contributed by atoms with van der Waals surface area (Å²) >= 11 is 0. The summed E-state index contributed by atoms with van der Waals surface area (Å²) in [5.41, 5.74) is 6.67. The van der Waals surface area contributed by atoms with Crippen LogP contribution in [0.15, 0.2) is 4.79 Å². The highest BCUT2D eigenvalue weighted by Gasteiger charge is 2.03. The van der Waals surface area contributed by atoms with Gasteiger partial charge in [0.2, 0.25) is 0 Å². The van der Waals surface area contributed by atoms with Gasteiger partial charge < -0.3 is 0 Å². The molecule has 0 amide bonds. The Balaban J connectivity index is 3.46. The molecule has 4 nitrogen and oxygen atoms in total. The third kappa shape index (κ3) is 1.00. The number of hydrogen-bond donors (Lipinski definition) is 2. The maximum absolute atomic E-state index is 10.9. The lowest BCUT2D eigenvalue weighted by molar-refractivity contribution is -0.375. The van der Waals surface area contributed by atoms with Crippen LogP contribution in [0.2, 0.25) is 0 Å². The number of rotatable bonds is 0. The van der Waals surface area contributed by atoms with Crippen LogP contribution in [0.4, 0.5) is 5.95 Å². The Morgan fingerprint density at radius 2 is 2.10 bits per heavy atom. The molecule has 0 aliphatic rings. The molecule has 0 unspecified atom stereocenters. The van der Waals surface area contributed by atoms with Crippen LogP contribution in [0.5, 0.6) is 0 Å². The molecule has 0 aliphatic carbocycles. The third-order valence-electron chi connectivity index (χ3n) is 1.47. The van der Waals surface area contributed by atoms with Gasteiger partial charge in [0.1, 0.15) is 0 Å². The number of aromatic amines is 2. The molecule has 1 rings (SSSR count). The van der Waals surface area contributed by atoms with Gasteiger partial charge in [-0.15, -0.1) is 0 Å². The van der Waals surface area contributed by atoms with Gasteiger partial charge in [-0.25, -0.2) is 9.97 Å². The molecule has 4 heteroatoms. The number of aromatic nitrogens is 2. The lowest BCUT2D eigenvalue weighted by Crippen LogP contribution is -2.26. The van der Waals surface area contributed by atoms with E-state index < -0.39 is 0 Å². The molecule has 0 aromatic carbocycles. The first-order valence-electron chi connectivity index (χ1n) is 2.99. The lowest BCUT2D eigenvalue weighted by Gasteiger charge is -1.92. The van der Waals surface area contributed by atoms with Crippen LogP contribution in [0.3, 0.4) is 0 Å². The Labute approximate surface area is 58.1 Å². The van der Waals surface area contributed by atoms with Crippen LogP contribution in [-0.4, -0.2) is 4.98 Å². The smallest absolute Gasteiger partial charge is 0.290 e. The molecule has 0 saturated heterocycles. The number of H-pyrrole nitrogens is 2. The number of nitrogens with one attached hydrogen (secondary N) is 2. The van der Waals surface area contributed by atoms with E-state index in [-0.39, 0.29) is 5.56 Å². The van der Waals surface area contributed by atoms with Gasteiger partial charge in [-0.1, -0.05) is 0 Å². The van der Waals surface area contributed by atoms with Crippen molar-refractivity contribution in [3.63, 3.8) is 0 Å². The average molecular weight is 140 g/mol. The van der Waals surface area contributed by atoms with Gasteiger partial charge in [-0.3, -0.25) is 10.5 Å². The summed E-state index contributed by atoms with van der Waals surface area (Å²) in [5, 5.41) is 0. The molecule has 1 aromatic heterocycles. The van der Waals surface area contributed by atoms with Crippen molar-refractivity contribution >= 4 is 5.95 Å². The van der Waals surface area contributed by atoms with E-state index in [9.17, 15) is 4.79 Å². The summed E-state index contributed by atoms with van der Waals surface area (Å²) in [6.07, 6.45) is 0. The van der Waals surface area contributed by atoms with Crippen molar-refractivity contribution < 1.29 is 4.98 Å². The fourth-order valence-electron chi connectivity index (χ4n) is 0.713. The topological polar surface area (TPSA) is 73.0 Å². The van der Waals surface area contributed by atoms with E-state index in [1.54, 1.807) is 13.8 Å². The summed E-state index contributed by atoms with van der Waals surface area (Å²) in [4.78, 5) is 16.2. The maximum atomic E-state index is 10.9. The van der Waals surface area contributed by atoms with Crippen molar-refractivity contribution in [2.75, 3.05) is 5.73 Å². The molecule has 0 saturated carbocycles. The molecule has 0 aliphatic heterocycles. The highest BCUT2D eigenvalue weighted by molar-refractivity contribution is 5.14. The van der Waals surface area contributed by atoms with Gasteiger partial charge in [0.15, 0.2) is 0 Å². The second kappa shape index (κ2) is 2.13. The molecule has 0 atom stereocenters. The SMILES string of the molecule is Cc1[nH+]c(N)[nH]c(=O)c1C. The van der Waals surface area contributed by atoms with Gasteiger partial charge in [-0.2, -0.15) is 0 Å². The Morgan fingerprint density at radius 1 is 1.50 bits per heavy atom. The monoisotopic (exact) mass is 140 g/mol. The zero-order valence-corrected chi connectivity index (χ0v) is 5.99. The first-order valence-corrected chi connectivity index (χ1v) is 2.99. The number of aryl methyl sites for hydroxylation is 1. The van der Waals surface area contributed by atoms with Crippen LogP contribution in [0.1, 0.15) is 11.3 Å². The normalized spacial score (nSPS) is 9.80. The summed E-state index contributed by atoms with van der Waals surface area (Å²) in [7, 11) is 0. The van der Waals surface area contributed by atoms with E-state index in [0.717, 1.165) is 5.69 Å². The van der Waals surface area contributed by atoms with E-state index in [2.05, 4.69) is 9.97 Å². The predicted molar refractivity (Wildman–Crippen MR) is 37.5 cm³/mol. The molecule has 0 bridgehead atoms. The predicted octanol–water partition coefficient (Wildman–Crippen LogP) is -0.612. The minimum absolute atomic E-state index is 0.131. The van der Waals surface area contributed by atoms with Crippen LogP contribution in [0, 0.1) is 13.8 Å². The van der Waals surface area contributed by atoms with Crippen molar-refractivity contribution in [1.82, 2.24) is 4.98 Å². The fourth-order valence-corrected chi connectivity index (χ4v) is 0.713. The highest BCUT2D eigenvalue weighted by atomic mass is 16.1. The lowest BCUT2D eigenvalue weighted by atomic mass is 10.3. The van der Waals surface area contributed by atoms with Crippen molar-refractivity contribution in [3.8, 4) is 0 Å². The highest BCUT2D eigenvalue weighted by Crippen LogP contribution is 1.89. The van der Waals surface area contributed by atoms with E-state index in [0.29, 0.717) is 11.5 Å². The quantitative estimate of drug-likeness (QED) is 0.504. The molecular formula is C6H10N3O+. The molecule has 0 fully saturated rings. The third-order valence-corrected chi connectivity index (χ3v) is 1.47. The first kappa shape index (κ1) is 6.80. The van der Waals surface area contributed by atoms with Gasteiger partial charge >= 0.3 is 11.5 Å². The van der Waals surface area contributed by atoms with Crippen LogP contribution >= 0.6 is 0 Å². The Bertz CT molecular complexity index is 302. The number of hydrogen-bond acceptors (Lipinski definition) is 2. The van der Waals surface area contributed by atoms with Crippen molar-refractivity contribution in [3.05, 3.63) is 21.6 Å². The number of nitrogens with two attached hydrogens (primary N) is 1. The molecule has 4 N–H and O–H groups in total. The van der Waals surface area contributed by atoms with Crippen molar-refractivity contribution in [1.29, 1.82) is 0 Å². The molecule has 10 heavy (non-hydrogen) atoms. The second-order valence-electron chi connectivity index (χ2n) is 2.24. The molecule has 0 spiro atoms. The van der Waals surface area contributed by atoms with E-state index in [1.807, 2.05) is 0 Å². The van der Waals surface area contributed by atoms with Gasteiger partial charge in [0.25, 0.3) is 0 Å². The Kier molecular flexibility index (Phi) is 1.45. The van der Waals surface area contributed by atoms with E-state index >= 15 is 0 Å². The summed E-state index contributed by atoms with van der Waals surface area (Å²) in [5.74, 6) is 0.299. The molecule has 1 aromatic rings. The summed E-state index contributed by atoms with van der Waals surface area (Å²) in [6, 6.07) is 0. The second-order valence-corrected chi connectivity index (χ2v) is 2.24. The zero-order chi connectivity index (χ0) is 7.72. The molecule has 0 radical (unpaired) electrons. The minimum Gasteiger partial charge on any atom is -0.290 e. The van der Waals surface area contributed by atoms with E-state index in [4.69, 9.17) is 5.73 Å². The first-order chi connectivity index (χ1) is 4.61. The molecule has 54 valence electrons. The maximum Gasteiger partial charge on any atom is 0.353 e. The van der Waals surface area contributed by atoms with Crippen molar-refractivity contribution in [2.24, 2.45) is 0 Å². The van der Waals surface area contributed by atoms with Gasteiger partial charge in [-0.05, 0) is 13.8 Å². The largest absolute Gasteiger partial charge is 0.353 e. The fraction of sp³-hybridized carbons (Fsp3) is 0.333. The molecule has 1 heterocycles. The van der Waals surface area contributed by atoms with Crippen LogP contribution in [0.25, 0.3) is 0 Å². The average Bonchev–Trinajstić information content (AvgIpc) is 1.82.